The summed E-state index contributed by atoms with van der Waals surface area (Å²) in [6.07, 6.45) is 0. The Bertz CT molecular complexity index is 10.8. The molecule has 0 aromatic carbocycles. The zero-order valence-electron chi connectivity index (χ0n) is 1.55. The molecular formula is CAu2N+. The Labute approximate surface area is 56.4 Å². The van der Waals surface area contributed by atoms with Crippen molar-refractivity contribution in [1.82, 2.24) is 0 Å². The third-order valence-corrected chi connectivity index (χ3v) is 0. The third kappa shape index (κ3) is 12.2. The van der Waals surface area contributed by atoms with E-state index in [2.05, 4.69) is 0 Å². The maximum Gasteiger partial charge on any atom is 1.00 e. The number of rotatable bonds is 0. The molecule has 0 aromatic heterocycles. The van der Waals surface area contributed by atoms with E-state index in [1.54, 1.807) is 0 Å². The summed E-state index contributed by atoms with van der Waals surface area (Å²) in [5.74, 6) is 0. The maximum atomic E-state index is 6.25. The molecule has 0 aromatic rings. The number of hydrogen-bond acceptors (Lipinski definition) is 1. The van der Waals surface area contributed by atoms with Gasteiger partial charge in [0.2, 0.25) is 0 Å². The molecule has 0 spiro atoms. The van der Waals surface area contributed by atoms with E-state index in [4.69, 9.17) is 11.8 Å². The van der Waals surface area contributed by atoms with Crippen molar-refractivity contribution in [1.29, 1.82) is 5.26 Å². The van der Waals surface area contributed by atoms with E-state index in [9.17, 15) is 0 Å². The van der Waals surface area contributed by atoms with Gasteiger partial charge in [-0.15, -0.1) is 0 Å². The molecule has 0 atom stereocenters. The van der Waals surface area contributed by atoms with Gasteiger partial charge in [-0.25, -0.2) is 0 Å². The van der Waals surface area contributed by atoms with E-state index in [0.29, 0.717) is 0 Å². The summed E-state index contributed by atoms with van der Waals surface area (Å²) in [6, 6.07) is 0. The monoisotopic (exact) mass is 420 g/mol. The Balaban J connectivity index is -0.00000000500. The predicted molar refractivity (Wildman–Crippen MR) is 4.97 cm³/mol. The molecule has 0 rings (SSSR count). The summed E-state index contributed by atoms with van der Waals surface area (Å²) in [5.41, 5.74) is 0. The Kier molecular flexibility index (Phi) is 188. The average molecular weight is 420 g/mol. The number of nitrogens with zero attached hydrogens (tertiary/aromatic N) is 1. The van der Waals surface area contributed by atoms with Crippen LogP contribution in [0.5, 0.6) is 0 Å². The van der Waals surface area contributed by atoms with Crippen LogP contribution in [0, 0.1) is 11.8 Å². The Hall–Kier alpha value is 0.971. The summed E-state index contributed by atoms with van der Waals surface area (Å²) in [6.45, 7) is 4.75. The van der Waals surface area contributed by atoms with Gasteiger partial charge in [-0.3, -0.25) is 0 Å². The molecule has 30 valence electrons. The fourth-order valence-electron chi connectivity index (χ4n) is 0. The first-order valence-corrected chi connectivity index (χ1v) is 0.224. The third-order valence-electron chi connectivity index (χ3n) is 0. The molecule has 0 amide bonds. The minimum atomic E-state index is 0. The van der Waals surface area contributed by atoms with Crippen LogP contribution >= 0.6 is 0 Å². The van der Waals surface area contributed by atoms with Crippen molar-refractivity contribution in [3.63, 3.8) is 0 Å². The standard InChI is InChI=1S/CN.2Au/c1-2;;/q-1;2*+1. The van der Waals surface area contributed by atoms with E-state index in [-0.39, 0.29) is 44.8 Å². The fourth-order valence-corrected chi connectivity index (χ4v) is 0. The van der Waals surface area contributed by atoms with Crippen molar-refractivity contribution in [2.24, 2.45) is 0 Å². The van der Waals surface area contributed by atoms with Crippen molar-refractivity contribution in [3.05, 3.63) is 6.57 Å². The van der Waals surface area contributed by atoms with Crippen LogP contribution < -0.4 is 0 Å². The predicted octanol–water partition coefficient (Wildman–Crippen LogP) is 0.0914. The normalized spacial score (nSPS) is 0.500. The second-order valence-corrected chi connectivity index (χ2v) is 0. The maximum absolute atomic E-state index is 6.25. The summed E-state index contributed by atoms with van der Waals surface area (Å²) in [5, 5.41) is 6.25. The van der Waals surface area contributed by atoms with Crippen LogP contribution in [0.2, 0.25) is 0 Å². The van der Waals surface area contributed by atoms with E-state index >= 15 is 0 Å². The van der Waals surface area contributed by atoms with Crippen molar-refractivity contribution < 1.29 is 44.8 Å². The average Bonchev–Trinajstić information content (AvgIpc) is 1.00. The van der Waals surface area contributed by atoms with Crippen LogP contribution in [0.15, 0.2) is 0 Å². The first-order chi connectivity index (χ1) is 1.00. The van der Waals surface area contributed by atoms with Crippen LogP contribution in [0.25, 0.3) is 0 Å². The summed E-state index contributed by atoms with van der Waals surface area (Å²) >= 11 is 0. The first-order valence-electron chi connectivity index (χ1n) is 0.224. The second-order valence-electron chi connectivity index (χ2n) is 0. The molecule has 0 N–H and O–H groups in total. The van der Waals surface area contributed by atoms with E-state index in [1.165, 1.54) is 0 Å². The van der Waals surface area contributed by atoms with Gasteiger partial charge in [0.15, 0.2) is 0 Å². The molecule has 0 aliphatic heterocycles. The minimum Gasteiger partial charge on any atom is -0.512 e. The van der Waals surface area contributed by atoms with Crippen molar-refractivity contribution in [2.75, 3.05) is 0 Å². The van der Waals surface area contributed by atoms with Crippen molar-refractivity contribution in [3.8, 4) is 0 Å². The molecule has 3 heteroatoms. The summed E-state index contributed by atoms with van der Waals surface area (Å²) < 4.78 is 0. The zero-order valence-corrected chi connectivity index (χ0v) is 5.88. The molecule has 4 heavy (non-hydrogen) atoms. The zero-order chi connectivity index (χ0) is 2.00. The van der Waals surface area contributed by atoms with Gasteiger partial charge in [-0.05, 0) is 0 Å². The largest absolute Gasteiger partial charge is 1.00 e. The van der Waals surface area contributed by atoms with E-state index in [1.807, 2.05) is 0 Å². The summed E-state index contributed by atoms with van der Waals surface area (Å²) in [4.78, 5) is 0. The molecule has 0 radical (unpaired) electrons. The molecule has 0 unspecified atom stereocenters. The van der Waals surface area contributed by atoms with Gasteiger partial charge in [0, 0.05) is 0 Å². The first kappa shape index (κ1) is 20.2. The van der Waals surface area contributed by atoms with Crippen LogP contribution in [0.3, 0.4) is 0 Å². The van der Waals surface area contributed by atoms with E-state index < -0.39 is 0 Å². The Morgan fingerprint density at radius 2 is 1.00 bits per heavy atom. The molecule has 0 aliphatic rings. The van der Waals surface area contributed by atoms with Crippen molar-refractivity contribution in [2.45, 2.75) is 0 Å². The van der Waals surface area contributed by atoms with Gasteiger partial charge in [-0.2, -0.15) is 0 Å². The van der Waals surface area contributed by atoms with Gasteiger partial charge in [0.25, 0.3) is 0 Å². The van der Waals surface area contributed by atoms with Gasteiger partial charge in [0.05, 0.1) is 0 Å². The van der Waals surface area contributed by atoms with Gasteiger partial charge < -0.3 is 11.8 Å². The van der Waals surface area contributed by atoms with Crippen molar-refractivity contribution >= 4 is 0 Å². The van der Waals surface area contributed by atoms with Gasteiger partial charge >= 0.3 is 44.8 Å². The quantitative estimate of drug-likeness (QED) is 0.403. The molecule has 0 heterocycles. The molecule has 0 bridgehead atoms. The summed E-state index contributed by atoms with van der Waals surface area (Å²) in [7, 11) is 0. The van der Waals surface area contributed by atoms with Crippen LogP contribution in [-0.2, 0) is 44.8 Å². The SMILES string of the molecule is [Au+].[Au+].[C-]#N. The van der Waals surface area contributed by atoms with E-state index in [0.717, 1.165) is 0 Å². The molecule has 0 aliphatic carbocycles. The van der Waals surface area contributed by atoms with Gasteiger partial charge in [0.1, 0.15) is 0 Å². The Morgan fingerprint density at radius 1 is 1.00 bits per heavy atom. The van der Waals surface area contributed by atoms with Crippen LogP contribution in [0.1, 0.15) is 0 Å². The second kappa shape index (κ2) is 37.2. The van der Waals surface area contributed by atoms with Gasteiger partial charge in [-0.1, -0.05) is 0 Å². The van der Waals surface area contributed by atoms with Crippen LogP contribution in [-0.4, -0.2) is 0 Å². The Morgan fingerprint density at radius 3 is 1.00 bits per heavy atom. The molecule has 0 saturated heterocycles. The minimum absolute atomic E-state index is 0. The molecule has 0 fully saturated rings. The molecule has 1 nitrogen and oxygen atoms in total. The fraction of sp³-hybridized carbons (Fsp3) is 0. The van der Waals surface area contributed by atoms with Crippen LogP contribution in [0.4, 0.5) is 0 Å². The topological polar surface area (TPSA) is 23.8 Å². The number of hydrogen-bond donors (Lipinski definition) is 0. The molecule has 0 saturated carbocycles. The smallest absolute Gasteiger partial charge is 0.512 e. The molecular weight excluding hydrogens is 420 g/mol.